The molecule has 1 N–H and O–H groups in total. The van der Waals surface area contributed by atoms with Crippen LogP contribution in [0.1, 0.15) is 22.6 Å². The molecule has 0 saturated carbocycles. The predicted molar refractivity (Wildman–Crippen MR) is 124 cm³/mol. The van der Waals surface area contributed by atoms with Crippen LogP contribution in [-0.2, 0) is 39.6 Å². The van der Waals surface area contributed by atoms with Crippen LogP contribution in [0.4, 0.5) is 0 Å². The van der Waals surface area contributed by atoms with Gasteiger partial charge in [0.25, 0.3) is 10.0 Å². The van der Waals surface area contributed by atoms with Gasteiger partial charge in [-0.05, 0) is 23.1 Å². The number of sulfonamides is 1. The molecule has 8 nitrogen and oxygen atoms in total. The number of aromatic nitrogens is 2. The maximum atomic E-state index is 13.5. The molecule has 33 heavy (non-hydrogen) atoms. The normalized spacial score (nSPS) is 15.4. The number of carbonyl (C=O) groups is 1. The Labute approximate surface area is 194 Å². The number of hydrogen-bond donors (Lipinski definition) is 1. The standard InChI is InChI=1S/C24H28N4O4S/c1-27-17-23(25-18-27)33(30,31)26-16-20-8-5-9-21(14-20)22(15-19-6-3-2-4-7-19)24(29)28-10-12-32-13-11-28/h2-9,14,17-18,22,26H,10-13,15-16H2,1H3. The number of nitrogens with zero attached hydrogens (tertiary/aromatic N) is 3. The maximum Gasteiger partial charge on any atom is 0.259 e. The third kappa shape index (κ3) is 5.87. The van der Waals surface area contributed by atoms with Crippen LogP contribution in [0.2, 0.25) is 0 Å². The number of ether oxygens (including phenoxy) is 1. The summed E-state index contributed by atoms with van der Waals surface area (Å²) in [6.45, 7) is 2.34. The van der Waals surface area contributed by atoms with E-state index in [2.05, 4.69) is 9.71 Å². The van der Waals surface area contributed by atoms with Gasteiger partial charge < -0.3 is 14.2 Å². The van der Waals surface area contributed by atoms with Crippen LogP contribution in [0.15, 0.2) is 72.1 Å². The number of aryl methyl sites for hydroxylation is 1. The SMILES string of the molecule is Cn1cnc(S(=O)(=O)NCc2cccc(C(Cc3ccccc3)C(=O)N3CCOCC3)c2)c1. The van der Waals surface area contributed by atoms with E-state index < -0.39 is 10.0 Å². The van der Waals surface area contributed by atoms with Gasteiger partial charge in [-0.15, -0.1) is 0 Å². The molecule has 1 aliphatic heterocycles. The fourth-order valence-corrected chi connectivity index (χ4v) is 4.90. The number of morpholine rings is 1. The van der Waals surface area contributed by atoms with E-state index in [0.29, 0.717) is 32.7 Å². The fourth-order valence-electron chi connectivity index (χ4n) is 3.90. The number of benzene rings is 2. The summed E-state index contributed by atoms with van der Waals surface area (Å²) in [5, 5.41) is -0.0226. The number of amides is 1. The first-order chi connectivity index (χ1) is 15.9. The predicted octanol–water partition coefficient (Wildman–Crippen LogP) is 2.08. The molecular weight excluding hydrogens is 440 g/mol. The van der Waals surface area contributed by atoms with E-state index in [1.54, 1.807) is 11.6 Å². The second-order valence-corrected chi connectivity index (χ2v) is 9.84. The molecule has 1 fully saturated rings. The molecule has 4 rings (SSSR count). The van der Waals surface area contributed by atoms with Crippen molar-refractivity contribution in [3.8, 4) is 0 Å². The van der Waals surface area contributed by atoms with Gasteiger partial charge in [-0.25, -0.2) is 18.1 Å². The van der Waals surface area contributed by atoms with Gasteiger partial charge >= 0.3 is 0 Å². The Morgan fingerprint density at radius 3 is 2.52 bits per heavy atom. The highest BCUT2D eigenvalue weighted by Gasteiger charge is 2.28. The Balaban J connectivity index is 1.55. The zero-order valence-corrected chi connectivity index (χ0v) is 19.4. The number of carbonyl (C=O) groups excluding carboxylic acids is 1. The minimum absolute atomic E-state index is 0.0226. The van der Waals surface area contributed by atoms with Gasteiger partial charge in [0.05, 0.1) is 25.5 Å². The van der Waals surface area contributed by atoms with Crippen molar-refractivity contribution < 1.29 is 17.9 Å². The van der Waals surface area contributed by atoms with Crippen LogP contribution >= 0.6 is 0 Å². The molecule has 1 unspecified atom stereocenters. The van der Waals surface area contributed by atoms with E-state index in [1.807, 2.05) is 59.5 Å². The average Bonchev–Trinajstić information content (AvgIpc) is 3.30. The summed E-state index contributed by atoms with van der Waals surface area (Å²) >= 11 is 0. The molecular formula is C24H28N4O4S. The van der Waals surface area contributed by atoms with Crippen molar-refractivity contribution in [3.63, 3.8) is 0 Å². The maximum absolute atomic E-state index is 13.5. The van der Waals surface area contributed by atoms with Crippen molar-refractivity contribution >= 4 is 15.9 Å². The highest BCUT2D eigenvalue weighted by atomic mass is 32.2. The molecule has 174 valence electrons. The number of hydrogen-bond acceptors (Lipinski definition) is 5. The van der Waals surface area contributed by atoms with Crippen molar-refractivity contribution in [2.24, 2.45) is 7.05 Å². The Hall–Kier alpha value is -3.01. The molecule has 1 amide bonds. The van der Waals surface area contributed by atoms with Crippen molar-refractivity contribution in [2.45, 2.75) is 23.9 Å². The molecule has 2 heterocycles. The second kappa shape index (κ2) is 10.3. The molecule has 1 saturated heterocycles. The van der Waals surface area contributed by atoms with Gasteiger partial charge in [-0.3, -0.25) is 4.79 Å². The molecule has 0 aliphatic carbocycles. The molecule has 9 heteroatoms. The van der Waals surface area contributed by atoms with Gasteiger partial charge in [0.1, 0.15) is 0 Å². The highest BCUT2D eigenvalue weighted by Crippen LogP contribution is 2.25. The highest BCUT2D eigenvalue weighted by molar-refractivity contribution is 7.89. The summed E-state index contributed by atoms with van der Waals surface area (Å²) < 4.78 is 34.7. The average molecular weight is 469 g/mol. The van der Waals surface area contributed by atoms with Gasteiger partial charge in [0, 0.05) is 32.9 Å². The van der Waals surface area contributed by atoms with Crippen LogP contribution < -0.4 is 4.72 Å². The molecule has 1 atom stereocenters. The summed E-state index contributed by atoms with van der Waals surface area (Å²) in [4.78, 5) is 19.2. The molecule has 1 aliphatic rings. The summed E-state index contributed by atoms with van der Waals surface area (Å²) in [5.41, 5.74) is 2.72. The Morgan fingerprint density at radius 2 is 1.82 bits per heavy atom. The number of imidazole rings is 1. The monoisotopic (exact) mass is 468 g/mol. The first-order valence-corrected chi connectivity index (χ1v) is 12.4. The lowest BCUT2D eigenvalue weighted by molar-refractivity contribution is -0.136. The van der Waals surface area contributed by atoms with Gasteiger partial charge in [0.15, 0.2) is 5.03 Å². The largest absolute Gasteiger partial charge is 0.378 e. The van der Waals surface area contributed by atoms with Gasteiger partial charge in [-0.1, -0.05) is 54.6 Å². The van der Waals surface area contributed by atoms with Crippen LogP contribution in [0.5, 0.6) is 0 Å². The first kappa shape index (κ1) is 23.2. The molecule has 0 bridgehead atoms. The molecule has 0 spiro atoms. The summed E-state index contributed by atoms with van der Waals surface area (Å²) in [5.74, 6) is -0.300. The molecule has 3 aromatic rings. The first-order valence-electron chi connectivity index (χ1n) is 10.9. The molecule has 1 aromatic heterocycles. The van der Waals surface area contributed by atoms with Crippen molar-refractivity contribution in [1.29, 1.82) is 0 Å². The lowest BCUT2D eigenvalue weighted by Crippen LogP contribution is -2.43. The Kier molecular flexibility index (Phi) is 7.22. The minimum Gasteiger partial charge on any atom is -0.378 e. The van der Waals surface area contributed by atoms with E-state index in [0.717, 1.165) is 16.7 Å². The molecule has 2 aromatic carbocycles. The lowest BCUT2D eigenvalue weighted by atomic mass is 9.89. The van der Waals surface area contributed by atoms with E-state index >= 15 is 0 Å². The van der Waals surface area contributed by atoms with E-state index in [1.165, 1.54) is 12.5 Å². The van der Waals surface area contributed by atoms with Crippen molar-refractivity contribution in [1.82, 2.24) is 19.2 Å². The Bertz CT molecular complexity index is 1190. The van der Waals surface area contributed by atoms with E-state index in [4.69, 9.17) is 4.74 Å². The van der Waals surface area contributed by atoms with Crippen molar-refractivity contribution in [2.75, 3.05) is 26.3 Å². The van der Waals surface area contributed by atoms with Crippen LogP contribution in [0, 0.1) is 0 Å². The second-order valence-electron chi connectivity index (χ2n) is 8.13. The topological polar surface area (TPSA) is 93.5 Å². The van der Waals surface area contributed by atoms with Crippen LogP contribution in [0.25, 0.3) is 0 Å². The number of rotatable bonds is 8. The smallest absolute Gasteiger partial charge is 0.259 e. The third-order valence-electron chi connectivity index (χ3n) is 5.68. The lowest BCUT2D eigenvalue weighted by Gasteiger charge is -2.31. The zero-order chi connectivity index (χ0) is 23.3. The van der Waals surface area contributed by atoms with Gasteiger partial charge in [-0.2, -0.15) is 0 Å². The summed E-state index contributed by atoms with van der Waals surface area (Å²) in [6, 6.07) is 17.5. The Morgan fingerprint density at radius 1 is 1.09 bits per heavy atom. The minimum atomic E-state index is -3.72. The molecule has 0 radical (unpaired) electrons. The zero-order valence-electron chi connectivity index (χ0n) is 18.6. The summed E-state index contributed by atoms with van der Waals surface area (Å²) in [7, 11) is -2.01. The van der Waals surface area contributed by atoms with Crippen LogP contribution in [-0.4, -0.2) is 55.1 Å². The quantitative estimate of drug-likeness (QED) is 0.546. The van der Waals surface area contributed by atoms with E-state index in [9.17, 15) is 13.2 Å². The van der Waals surface area contributed by atoms with Gasteiger partial charge in [0.2, 0.25) is 5.91 Å². The van der Waals surface area contributed by atoms with Crippen molar-refractivity contribution in [3.05, 3.63) is 83.8 Å². The fraction of sp³-hybridized carbons (Fsp3) is 0.333. The number of nitrogens with one attached hydrogen (secondary N) is 1. The third-order valence-corrected chi connectivity index (χ3v) is 6.97. The van der Waals surface area contributed by atoms with E-state index in [-0.39, 0.29) is 23.4 Å². The van der Waals surface area contributed by atoms with Crippen LogP contribution in [0.3, 0.4) is 0 Å². The summed E-state index contributed by atoms with van der Waals surface area (Å²) in [6.07, 6.45) is 3.47.